The van der Waals surface area contributed by atoms with E-state index in [4.69, 9.17) is 13.8 Å². The molecule has 4 saturated carbocycles. The molecule has 4 nitrogen and oxygen atoms in total. The summed E-state index contributed by atoms with van der Waals surface area (Å²) >= 11 is 0. The van der Waals surface area contributed by atoms with Gasteiger partial charge in [-0.2, -0.15) is 0 Å². The first-order valence-corrected chi connectivity index (χ1v) is 19.9. The smallest absolute Gasteiger partial charge is 0.228 e. The molecule has 13 rings (SSSR count). The number of para-hydroxylation sites is 2. The summed E-state index contributed by atoms with van der Waals surface area (Å²) in [6, 6.07) is 46.4. The third kappa shape index (κ3) is 4.40. The van der Waals surface area contributed by atoms with E-state index in [9.17, 15) is 0 Å². The van der Waals surface area contributed by atoms with Crippen molar-refractivity contribution in [3.63, 3.8) is 0 Å². The highest BCUT2D eigenvalue weighted by atomic mass is 16.3. The third-order valence-electron chi connectivity index (χ3n) is 13.9. The lowest BCUT2D eigenvalue weighted by atomic mass is 9.48. The van der Waals surface area contributed by atoms with Crippen LogP contribution in [0.25, 0.3) is 55.6 Å². The monoisotopic (exact) mass is 702 g/mol. The van der Waals surface area contributed by atoms with Crippen LogP contribution in [0.5, 0.6) is 0 Å². The molecule has 264 valence electrons. The van der Waals surface area contributed by atoms with Crippen molar-refractivity contribution in [1.29, 1.82) is 0 Å². The largest absolute Gasteiger partial charge is 0.456 e. The van der Waals surface area contributed by atoms with Crippen LogP contribution >= 0.6 is 0 Å². The summed E-state index contributed by atoms with van der Waals surface area (Å²) in [5.41, 5.74) is 14.9. The summed E-state index contributed by atoms with van der Waals surface area (Å²) in [5.74, 6) is 3.37. The van der Waals surface area contributed by atoms with Gasteiger partial charge in [0, 0.05) is 44.9 Å². The van der Waals surface area contributed by atoms with Gasteiger partial charge in [0.25, 0.3) is 0 Å². The number of fused-ring (bicyclic) bond motifs is 7. The van der Waals surface area contributed by atoms with Crippen LogP contribution in [0.15, 0.2) is 136 Å². The highest BCUT2D eigenvalue weighted by Crippen LogP contribution is 2.61. The summed E-state index contributed by atoms with van der Waals surface area (Å²) in [5, 5.41) is 2.07. The number of anilines is 3. The predicted molar refractivity (Wildman–Crippen MR) is 219 cm³/mol. The van der Waals surface area contributed by atoms with E-state index < -0.39 is 0 Å². The van der Waals surface area contributed by atoms with Gasteiger partial charge in [-0.15, -0.1) is 0 Å². The number of benzene rings is 6. The number of hydrogen-bond donors (Lipinski definition) is 0. The summed E-state index contributed by atoms with van der Waals surface area (Å²) in [7, 11) is 0. The molecule has 0 amide bonds. The number of oxazole rings is 1. The Morgan fingerprint density at radius 2 is 1.20 bits per heavy atom. The molecular weight excluding hydrogens is 661 g/mol. The number of hydrogen-bond acceptors (Lipinski definition) is 4. The molecule has 4 fully saturated rings. The van der Waals surface area contributed by atoms with Gasteiger partial charge >= 0.3 is 0 Å². The molecule has 0 spiro atoms. The lowest BCUT2D eigenvalue weighted by Crippen LogP contribution is -2.48. The quantitative estimate of drug-likeness (QED) is 0.179. The molecule has 0 N–H and O–H groups in total. The van der Waals surface area contributed by atoms with Crippen LogP contribution in [0.2, 0.25) is 0 Å². The first-order valence-electron chi connectivity index (χ1n) is 19.9. The Kier molecular flexibility index (Phi) is 6.26. The molecule has 0 atom stereocenters. The molecule has 4 bridgehead atoms. The Balaban J connectivity index is 1.00. The van der Waals surface area contributed by atoms with Gasteiger partial charge in [-0.3, -0.25) is 0 Å². The van der Waals surface area contributed by atoms with Crippen molar-refractivity contribution >= 4 is 50.1 Å². The third-order valence-corrected chi connectivity index (χ3v) is 13.9. The molecule has 54 heavy (non-hydrogen) atoms. The van der Waals surface area contributed by atoms with Crippen LogP contribution in [-0.4, -0.2) is 4.98 Å². The molecule has 6 aromatic carbocycles. The Morgan fingerprint density at radius 1 is 0.556 bits per heavy atom. The van der Waals surface area contributed by atoms with Gasteiger partial charge in [0.2, 0.25) is 5.89 Å². The second-order valence-corrected chi connectivity index (χ2v) is 17.4. The van der Waals surface area contributed by atoms with Crippen molar-refractivity contribution in [2.24, 2.45) is 17.8 Å². The maximum absolute atomic E-state index is 6.66. The Labute approximate surface area is 315 Å². The topological polar surface area (TPSA) is 42.4 Å². The molecule has 0 aliphatic heterocycles. The summed E-state index contributed by atoms with van der Waals surface area (Å²) in [6.07, 6.45) is 8.50. The summed E-state index contributed by atoms with van der Waals surface area (Å²) in [6.45, 7) is 4.72. The lowest BCUT2D eigenvalue weighted by Gasteiger charge is -2.57. The standard InChI is InChI=1S/C50H42N2O2/c1-49(2)41-10-4-3-8-37(41)38-20-18-35(25-42(38)49)52(34-16-14-33(15-17-34)50-27-30-22-31(28-50)24-32(23-30)29-50)36-19-21-39-46(26-36)53-45-13-7-9-40(47(39)45)48-51-43-11-5-6-12-44(43)54-48/h3-21,25-26,30-32H,22-24,27-29H2,1-2H3. The summed E-state index contributed by atoms with van der Waals surface area (Å²) < 4.78 is 12.9. The predicted octanol–water partition coefficient (Wildman–Crippen LogP) is 13.6. The Bertz CT molecular complexity index is 2730. The van der Waals surface area contributed by atoms with E-state index >= 15 is 0 Å². The SMILES string of the molecule is CC1(C)c2ccccc2-c2ccc(N(c3ccc(C45CC6CC(CC(C6)C4)C5)cc3)c3ccc4c(c3)oc3cccc(-c5nc6ccccc6o5)c34)cc21. The number of furan rings is 1. The number of aromatic nitrogens is 1. The highest BCUT2D eigenvalue weighted by molar-refractivity contribution is 6.12. The molecule has 2 heterocycles. The van der Waals surface area contributed by atoms with Gasteiger partial charge in [-0.25, -0.2) is 4.98 Å². The van der Waals surface area contributed by atoms with Crippen molar-refractivity contribution in [3.05, 3.63) is 144 Å². The van der Waals surface area contributed by atoms with Gasteiger partial charge in [-0.1, -0.05) is 74.5 Å². The van der Waals surface area contributed by atoms with E-state index in [2.05, 4.69) is 110 Å². The molecule has 0 saturated heterocycles. The van der Waals surface area contributed by atoms with Gasteiger partial charge in [0.15, 0.2) is 5.58 Å². The normalized spacial score (nSPS) is 23.3. The van der Waals surface area contributed by atoms with Crippen LogP contribution in [0.3, 0.4) is 0 Å². The second-order valence-electron chi connectivity index (χ2n) is 17.4. The highest BCUT2D eigenvalue weighted by Gasteiger charge is 2.51. The molecular formula is C50H42N2O2. The average Bonchev–Trinajstić information content (AvgIpc) is 3.85. The molecule has 4 heteroatoms. The van der Waals surface area contributed by atoms with E-state index in [1.54, 1.807) is 5.56 Å². The molecule has 2 aromatic heterocycles. The van der Waals surface area contributed by atoms with Gasteiger partial charge < -0.3 is 13.7 Å². The van der Waals surface area contributed by atoms with Crippen molar-refractivity contribution in [2.45, 2.75) is 63.2 Å². The van der Waals surface area contributed by atoms with Crippen molar-refractivity contribution in [3.8, 4) is 22.6 Å². The molecule has 0 unspecified atom stereocenters. The minimum Gasteiger partial charge on any atom is -0.456 e. The van der Waals surface area contributed by atoms with E-state index in [1.165, 1.54) is 66.5 Å². The zero-order chi connectivity index (χ0) is 35.8. The minimum atomic E-state index is -0.0975. The zero-order valence-electron chi connectivity index (χ0n) is 30.8. The van der Waals surface area contributed by atoms with E-state index in [0.29, 0.717) is 11.3 Å². The number of rotatable bonds is 5. The maximum atomic E-state index is 6.66. The maximum Gasteiger partial charge on any atom is 0.228 e. The van der Waals surface area contributed by atoms with Crippen LogP contribution < -0.4 is 4.90 Å². The number of nitrogens with zero attached hydrogens (tertiary/aromatic N) is 2. The van der Waals surface area contributed by atoms with Gasteiger partial charge in [0.1, 0.15) is 16.7 Å². The zero-order valence-corrected chi connectivity index (χ0v) is 30.8. The molecule has 0 radical (unpaired) electrons. The first-order chi connectivity index (χ1) is 26.4. The van der Waals surface area contributed by atoms with Crippen molar-refractivity contribution < 1.29 is 8.83 Å². The molecule has 5 aliphatic carbocycles. The van der Waals surface area contributed by atoms with E-state index in [1.807, 2.05) is 36.4 Å². The Morgan fingerprint density at radius 3 is 2.00 bits per heavy atom. The molecule has 8 aromatic rings. The van der Waals surface area contributed by atoms with Crippen molar-refractivity contribution in [1.82, 2.24) is 4.98 Å². The molecule has 5 aliphatic rings. The van der Waals surface area contributed by atoms with Crippen LogP contribution in [0.1, 0.15) is 69.1 Å². The van der Waals surface area contributed by atoms with E-state index in [-0.39, 0.29) is 5.41 Å². The van der Waals surface area contributed by atoms with Crippen molar-refractivity contribution in [2.75, 3.05) is 4.90 Å². The van der Waals surface area contributed by atoms with Gasteiger partial charge in [0.05, 0.1) is 0 Å². The minimum absolute atomic E-state index is 0.0975. The van der Waals surface area contributed by atoms with Crippen LogP contribution in [-0.2, 0) is 10.8 Å². The van der Waals surface area contributed by atoms with Crippen LogP contribution in [0, 0.1) is 17.8 Å². The average molecular weight is 703 g/mol. The fourth-order valence-electron chi connectivity index (χ4n) is 11.8. The Hall–Kier alpha value is -5.61. The fraction of sp³-hybridized carbons (Fsp3) is 0.260. The summed E-state index contributed by atoms with van der Waals surface area (Å²) in [4.78, 5) is 7.28. The van der Waals surface area contributed by atoms with Gasteiger partial charge in [-0.05, 0) is 150 Å². The first kappa shape index (κ1) is 30.8. The van der Waals surface area contributed by atoms with Crippen LogP contribution in [0.4, 0.5) is 17.1 Å². The van der Waals surface area contributed by atoms with E-state index in [0.717, 1.165) is 67.7 Å². The fourth-order valence-corrected chi connectivity index (χ4v) is 11.8. The second kappa shape index (κ2) is 11.0. The lowest BCUT2D eigenvalue weighted by molar-refractivity contribution is -0.00518.